The van der Waals surface area contributed by atoms with Gasteiger partial charge in [0, 0.05) is 30.5 Å². The second kappa shape index (κ2) is 7.07. The Morgan fingerprint density at radius 3 is 2.79 bits per heavy atom. The first-order valence-corrected chi connectivity index (χ1v) is 9.90. The minimum Gasteiger partial charge on any atom is -0.368 e. The molecular weight excluding hydrogens is 385 g/mol. The highest BCUT2D eigenvalue weighted by atomic mass is 19.4. The predicted octanol–water partition coefficient (Wildman–Crippen LogP) is 3.62. The van der Waals surface area contributed by atoms with Crippen LogP contribution in [0, 0.1) is 6.92 Å². The van der Waals surface area contributed by atoms with Gasteiger partial charge in [0.05, 0.1) is 11.7 Å². The molecule has 0 radical (unpaired) electrons. The Morgan fingerprint density at radius 2 is 2.14 bits per heavy atom. The van der Waals surface area contributed by atoms with Crippen LogP contribution in [0.25, 0.3) is 0 Å². The number of fused-ring (bicyclic) bond motifs is 1. The zero-order chi connectivity index (χ0) is 20.9. The molecule has 0 spiro atoms. The van der Waals surface area contributed by atoms with Gasteiger partial charge in [0.1, 0.15) is 11.9 Å². The summed E-state index contributed by atoms with van der Waals surface area (Å²) < 4.78 is 43.3. The minimum absolute atomic E-state index is 0.0689. The molecule has 0 bridgehead atoms. The zero-order valence-electron chi connectivity index (χ0n) is 16.6. The lowest BCUT2D eigenvalue weighted by Crippen LogP contribution is -2.38. The highest BCUT2D eigenvalue weighted by molar-refractivity contribution is 5.80. The number of rotatable bonds is 3. The third kappa shape index (κ3) is 3.49. The Balaban J connectivity index is 1.62. The number of nitrogens with zero attached hydrogens (tertiary/aromatic N) is 5. The molecule has 2 aliphatic heterocycles. The zero-order valence-corrected chi connectivity index (χ0v) is 16.6. The molecule has 0 aromatic carbocycles. The van der Waals surface area contributed by atoms with Crippen LogP contribution in [-0.4, -0.2) is 49.1 Å². The summed E-state index contributed by atoms with van der Waals surface area (Å²) in [6.45, 7) is 5.96. The molecule has 2 aromatic heterocycles. The number of carbonyl (C=O) groups excluding carboxylic acids is 1. The monoisotopic (exact) mass is 410 g/mol. The van der Waals surface area contributed by atoms with Gasteiger partial charge >= 0.3 is 6.18 Å². The first kappa shape index (κ1) is 19.8. The van der Waals surface area contributed by atoms with Crippen molar-refractivity contribution in [1.29, 1.82) is 0 Å². The molecule has 1 N–H and O–H groups in total. The van der Waals surface area contributed by atoms with E-state index in [2.05, 4.69) is 15.5 Å². The number of halogens is 3. The number of anilines is 1. The number of aryl methyl sites for hydroxylation is 1. The van der Waals surface area contributed by atoms with E-state index in [1.54, 1.807) is 35.7 Å². The van der Waals surface area contributed by atoms with Gasteiger partial charge in [-0.1, -0.05) is 0 Å². The molecule has 158 valence electrons. The van der Waals surface area contributed by atoms with Crippen molar-refractivity contribution in [3.8, 4) is 0 Å². The molecule has 7 nitrogen and oxygen atoms in total. The van der Waals surface area contributed by atoms with Crippen molar-refractivity contribution < 1.29 is 18.0 Å². The van der Waals surface area contributed by atoms with E-state index in [1.807, 2.05) is 13.0 Å². The van der Waals surface area contributed by atoms with Gasteiger partial charge < -0.3 is 10.2 Å². The highest BCUT2D eigenvalue weighted by Crippen LogP contribution is 2.41. The number of aromatic nitrogens is 4. The molecule has 10 heteroatoms. The number of hydrogen-bond donors (Lipinski definition) is 1. The molecule has 0 unspecified atom stereocenters. The van der Waals surface area contributed by atoms with E-state index in [0.29, 0.717) is 24.5 Å². The summed E-state index contributed by atoms with van der Waals surface area (Å²) in [6.07, 6.45) is -1.32. The Labute approximate surface area is 166 Å². The average molecular weight is 410 g/mol. The van der Waals surface area contributed by atoms with Crippen LogP contribution in [0.4, 0.5) is 19.0 Å². The smallest absolute Gasteiger partial charge is 0.368 e. The molecule has 1 amide bonds. The van der Waals surface area contributed by atoms with Crippen LogP contribution in [0.3, 0.4) is 0 Å². The molecule has 4 atom stereocenters. The van der Waals surface area contributed by atoms with E-state index >= 15 is 0 Å². The standard InChI is InChI=1S/C19H25F3N6O/c1-11-9-16(19(20,21)22)28-17(24-11)10-14(25-28)15-5-4-8-26(15)18(29)13(3)27-12(2)6-7-23-27/h6-7,10-11,13,15-16,24H,4-5,8-9H2,1-3H3/t11-,13+,15-,16-/m1/s1. The molecule has 0 saturated carbocycles. The van der Waals surface area contributed by atoms with Gasteiger partial charge in [-0.3, -0.25) is 9.48 Å². The second-order valence-electron chi connectivity index (χ2n) is 8.02. The summed E-state index contributed by atoms with van der Waals surface area (Å²) in [4.78, 5) is 14.9. The lowest BCUT2D eigenvalue weighted by Gasteiger charge is -2.31. The minimum atomic E-state index is -4.37. The van der Waals surface area contributed by atoms with E-state index in [9.17, 15) is 18.0 Å². The largest absolute Gasteiger partial charge is 0.410 e. The van der Waals surface area contributed by atoms with E-state index < -0.39 is 18.3 Å². The maximum Gasteiger partial charge on any atom is 0.410 e. The Kier molecular flexibility index (Phi) is 4.82. The van der Waals surface area contributed by atoms with Crippen LogP contribution in [0.5, 0.6) is 0 Å². The van der Waals surface area contributed by atoms with Crippen LogP contribution >= 0.6 is 0 Å². The van der Waals surface area contributed by atoms with Crippen LogP contribution in [0.2, 0.25) is 0 Å². The van der Waals surface area contributed by atoms with E-state index in [0.717, 1.165) is 16.8 Å². The van der Waals surface area contributed by atoms with Gasteiger partial charge in [0.25, 0.3) is 0 Å². The van der Waals surface area contributed by atoms with Crippen LogP contribution in [-0.2, 0) is 4.79 Å². The highest BCUT2D eigenvalue weighted by Gasteiger charge is 2.46. The normalized spacial score (nSPS) is 25.6. The molecule has 0 aliphatic carbocycles. The second-order valence-corrected chi connectivity index (χ2v) is 8.02. The van der Waals surface area contributed by atoms with Crippen molar-refractivity contribution in [1.82, 2.24) is 24.5 Å². The molecule has 2 aliphatic rings. The fraction of sp³-hybridized carbons (Fsp3) is 0.632. The van der Waals surface area contributed by atoms with E-state index in [4.69, 9.17) is 0 Å². The van der Waals surface area contributed by atoms with Crippen molar-refractivity contribution in [2.24, 2.45) is 0 Å². The van der Waals surface area contributed by atoms with Crippen molar-refractivity contribution in [3.63, 3.8) is 0 Å². The molecule has 4 heterocycles. The lowest BCUT2D eigenvalue weighted by atomic mass is 10.1. The van der Waals surface area contributed by atoms with Crippen LogP contribution < -0.4 is 5.32 Å². The Bertz CT molecular complexity index is 904. The fourth-order valence-corrected chi connectivity index (χ4v) is 4.41. The van der Waals surface area contributed by atoms with Gasteiger partial charge in [-0.2, -0.15) is 23.4 Å². The molecule has 29 heavy (non-hydrogen) atoms. The Morgan fingerprint density at radius 1 is 1.38 bits per heavy atom. The summed E-state index contributed by atoms with van der Waals surface area (Å²) in [7, 11) is 0. The molecule has 1 fully saturated rings. The fourth-order valence-electron chi connectivity index (χ4n) is 4.41. The third-order valence-electron chi connectivity index (χ3n) is 5.87. The number of alkyl halides is 3. The number of likely N-dealkylation sites (tertiary alicyclic amines) is 1. The van der Waals surface area contributed by atoms with Crippen LogP contribution in [0.1, 0.15) is 62.6 Å². The van der Waals surface area contributed by atoms with Crippen molar-refractivity contribution >= 4 is 11.7 Å². The van der Waals surface area contributed by atoms with Crippen molar-refractivity contribution in [2.75, 3.05) is 11.9 Å². The van der Waals surface area contributed by atoms with E-state index in [1.165, 1.54) is 0 Å². The number of amides is 1. The number of carbonyl (C=O) groups is 1. The molecule has 1 saturated heterocycles. The van der Waals surface area contributed by atoms with Gasteiger partial charge in [0.15, 0.2) is 6.04 Å². The summed E-state index contributed by atoms with van der Waals surface area (Å²) >= 11 is 0. The predicted molar refractivity (Wildman–Crippen MR) is 100 cm³/mol. The van der Waals surface area contributed by atoms with Gasteiger partial charge in [-0.25, -0.2) is 4.68 Å². The maximum absolute atomic E-state index is 13.5. The average Bonchev–Trinajstić information content (AvgIpc) is 3.37. The van der Waals surface area contributed by atoms with Gasteiger partial charge in [0.2, 0.25) is 5.91 Å². The van der Waals surface area contributed by atoms with Crippen molar-refractivity contribution in [2.45, 2.75) is 70.4 Å². The quantitative estimate of drug-likeness (QED) is 0.839. The summed E-state index contributed by atoms with van der Waals surface area (Å²) in [5.74, 6) is 0.260. The first-order chi connectivity index (χ1) is 13.7. The van der Waals surface area contributed by atoms with Crippen molar-refractivity contribution in [3.05, 3.63) is 29.7 Å². The van der Waals surface area contributed by atoms with Gasteiger partial charge in [-0.05, 0) is 46.1 Å². The summed E-state index contributed by atoms with van der Waals surface area (Å²) in [5, 5.41) is 11.6. The molecule has 4 rings (SSSR count). The molecular formula is C19H25F3N6O. The van der Waals surface area contributed by atoms with Crippen LogP contribution in [0.15, 0.2) is 18.3 Å². The lowest BCUT2D eigenvalue weighted by molar-refractivity contribution is -0.173. The third-order valence-corrected chi connectivity index (χ3v) is 5.87. The molecule has 2 aromatic rings. The first-order valence-electron chi connectivity index (χ1n) is 9.90. The maximum atomic E-state index is 13.5. The Hall–Kier alpha value is -2.52. The SMILES string of the molecule is Cc1ccnn1[C@@H](C)C(=O)N1CCC[C@@H]1c1cc2n(n1)[C@@H](C(F)(F)F)C[C@@H](C)N2. The summed E-state index contributed by atoms with van der Waals surface area (Å²) in [5.41, 5.74) is 1.39. The topological polar surface area (TPSA) is 68.0 Å². The number of nitrogens with one attached hydrogen (secondary N) is 1. The number of hydrogen-bond acceptors (Lipinski definition) is 4. The van der Waals surface area contributed by atoms with E-state index in [-0.39, 0.29) is 24.4 Å². The summed E-state index contributed by atoms with van der Waals surface area (Å²) in [6, 6.07) is 0.725. The van der Waals surface area contributed by atoms with Gasteiger partial charge in [-0.15, -0.1) is 0 Å².